The lowest BCUT2D eigenvalue weighted by Gasteiger charge is -2.22. The molecule has 0 N–H and O–H groups in total. The zero-order chi connectivity index (χ0) is 10.7. The number of rotatable bonds is 4. The van der Waals surface area contributed by atoms with E-state index in [-0.39, 0.29) is 24.2 Å². The van der Waals surface area contributed by atoms with Crippen molar-refractivity contribution in [2.45, 2.75) is 26.0 Å². The number of ether oxygens (including phenoxy) is 1. The van der Waals surface area contributed by atoms with Crippen molar-refractivity contribution in [1.82, 2.24) is 4.90 Å². The summed E-state index contributed by atoms with van der Waals surface area (Å²) in [7, 11) is 3.15. The van der Waals surface area contributed by atoms with Crippen LogP contribution in [0.4, 0.5) is 4.79 Å². The molecular weight excluding hydrogens is 186 g/mol. The number of hydrogen-bond acceptors (Lipinski definition) is 4. The molecule has 0 aromatic heterocycles. The van der Waals surface area contributed by atoms with Crippen LogP contribution in [-0.4, -0.2) is 43.9 Å². The van der Waals surface area contributed by atoms with E-state index < -0.39 is 0 Å². The van der Waals surface area contributed by atoms with E-state index in [1.165, 1.54) is 7.11 Å². The fourth-order valence-corrected chi connectivity index (χ4v) is 1.56. The van der Waals surface area contributed by atoms with Crippen LogP contribution in [0, 0.1) is 5.92 Å². The zero-order valence-corrected chi connectivity index (χ0v) is 9.02. The van der Waals surface area contributed by atoms with Gasteiger partial charge in [-0.1, -0.05) is 13.8 Å². The van der Waals surface area contributed by atoms with Crippen molar-refractivity contribution in [2.75, 3.05) is 20.8 Å². The van der Waals surface area contributed by atoms with Gasteiger partial charge in [-0.2, -0.15) is 0 Å². The summed E-state index contributed by atoms with van der Waals surface area (Å²) >= 11 is 0. The topological polar surface area (TPSA) is 48.0 Å². The molecule has 0 saturated carbocycles. The van der Waals surface area contributed by atoms with Gasteiger partial charge in [-0.15, -0.1) is 0 Å². The third-order valence-electron chi connectivity index (χ3n) is 2.42. The van der Waals surface area contributed by atoms with Crippen molar-refractivity contribution >= 4 is 6.09 Å². The molecule has 5 nitrogen and oxygen atoms in total. The first kappa shape index (κ1) is 11.3. The summed E-state index contributed by atoms with van der Waals surface area (Å²) in [5.74, 6) is 0.273. The van der Waals surface area contributed by atoms with Gasteiger partial charge in [-0.05, 0) is 5.92 Å². The standard InChI is InChI=1S/C9H17NO4/c1-6(2)8-7(5-13-12-4)10(3)9(11)14-8/h6-8H,5H2,1-4H3/t7?,8-/m1/s1. The Kier molecular flexibility index (Phi) is 3.71. The molecule has 1 unspecified atom stereocenters. The van der Waals surface area contributed by atoms with Crippen LogP contribution in [0.2, 0.25) is 0 Å². The van der Waals surface area contributed by atoms with E-state index in [2.05, 4.69) is 4.89 Å². The highest BCUT2D eigenvalue weighted by Gasteiger charge is 2.41. The van der Waals surface area contributed by atoms with Crippen LogP contribution < -0.4 is 0 Å². The van der Waals surface area contributed by atoms with Crippen LogP contribution in [0.5, 0.6) is 0 Å². The Balaban J connectivity index is 2.61. The molecule has 1 amide bonds. The Labute approximate surface area is 83.8 Å². The monoisotopic (exact) mass is 203 g/mol. The van der Waals surface area contributed by atoms with E-state index in [0.29, 0.717) is 6.61 Å². The molecular formula is C9H17NO4. The molecule has 1 fully saturated rings. The van der Waals surface area contributed by atoms with Crippen molar-refractivity contribution in [1.29, 1.82) is 0 Å². The Bertz CT molecular complexity index is 207. The smallest absolute Gasteiger partial charge is 0.410 e. The normalized spacial score (nSPS) is 27.2. The number of carbonyl (C=O) groups is 1. The van der Waals surface area contributed by atoms with Crippen LogP contribution >= 0.6 is 0 Å². The average Bonchev–Trinajstić information content (AvgIpc) is 2.41. The van der Waals surface area contributed by atoms with Crippen LogP contribution in [-0.2, 0) is 14.5 Å². The van der Waals surface area contributed by atoms with E-state index in [0.717, 1.165) is 0 Å². The quantitative estimate of drug-likeness (QED) is 0.506. The minimum atomic E-state index is -0.298. The fourth-order valence-electron chi connectivity index (χ4n) is 1.56. The van der Waals surface area contributed by atoms with Gasteiger partial charge in [0.2, 0.25) is 0 Å². The third kappa shape index (κ3) is 2.16. The van der Waals surface area contributed by atoms with Gasteiger partial charge in [-0.3, -0.25) is 0 Å². The van der Waals surface area contributed by atoms with E-state index in [1.807, 2.05) is 13.8 Å². The summed E-state index contributed by atoms with van der Waals surface area (Å²) < 4.78 is 5.20. The molecule has 1 rings (SSSR count). The Morgan fingerprint density at radius 2 is 2.21 bits per heavy atom. The Hall–Kier alpha value is -0.810. The van der Waals surface area contributed by atoms with Crippen molar-refractivity contribution < 1.29 is 19.3 Å². The molecule has 0 aliphatic carbocycles. The number of amides is 1. The van der Waals surface area contributed by atoms with E-state index in [4.69, 9.17) is 9.62 Å². The highest BCUT2D eigenvalue weighted by molar-refractivity contribution is 5.70. The molecule has 0 aromatic rings. The second-order valence-corrected chi connectivity index (χ2v) is 3.72. The van der Waals surface area contributed by atoms with Crippen molar-refractivity contribution in [3.05, 3.63) is 0 Å². The molecule has 5 heteroatoms. The molecule has 1 aliphatic rings. The maximum Gasteiger partial charge on any atom is 0.410 e. The lowest BCUT2D eigenvalue weighted by Crippen LogP contribution is -2.39. The van der Waals surface area contributed by atoms with Crippen molar-refractivity contribution in [3.63, 3.8) is 0 Å². The largest absolute Gasteiger partial charge is 0.444 e. The molecule has 0 bridgehead atoms. The van der Waals surface area contributed by atoms with Crippen LogP contribution in [0.15, 0.2) is 0 Å². The van der Waals surface area contributed by atoms with Gasteiger partial charge in [-0.25, -0.2) is 14.6 Å². The number of hydrogen-bond donors (Lipinski definition) is 0. The zero-order valence-electron chi connectivity index (χ0n) is 9.02. The summed E-state index contributed by atoms with van der Waals surface area (Å²) in [6.07, 6.45) is -0.420. The summed E-state index contributed by atoms with van der Waals surface area (Å²) in [5.41, 5.74) is 0. The molecule has 2 atom stereocenters. The van der Waals surface area contributed by atoms with Crippen LogP contribution in [0.1, 0.15) is 13.8 Å². The highest BCUT2D eigenvalue weighted by Crippen LogP contribution is 2.23. The summed E-state index contributed by atoms with van der Waals surface area (Å²) in [6.45, 7) is 4.36. The van der Waals surface area contributed by atoms with Crippen LogP contribution in [0.25, 0.3) is 0 Å². The Morgan fingerprint density at radius 1 is 1.57 bits per heavy atom. The fraction of sp³-hybridized carbons (Fsp3) is 0.889. The molecule has 0 spiro atoms. The first-order chi connectivity index (χ1) is 6.57. The predicted molar refractivity (Wildman–Crippen MR) is 49.6 cm³/mol. The second-order valence-electron chi connectivity index (χ2n) is 3.72. The molecule has 0 radical (unpaired) electrons. The minimum Gasteiger partial charge on any atom is -0.444 e. The van der Waals surface area contributed by atoms with Gasteiger partial charge in [0, 0.05) is 7.05 Å². The van der Waals surface area contributed by atoms with Gasteiger partial charge in [0.15, 0.2) is 0 Å². The summed E-state index contributed by atoms with van der Waals surface area (Å²) in [6, 6.07) is -0.0672. The second kappa shape index (κ2) is 4.61. The molecule has 1 saturated heterocycles. The maximum atomic E-state index is 11.3. The van der Waals surface area contributed by atoms with E-state index in [1.54, 1.807) is 11.9 Å². The predicted octanol–water partition coefficient (Wildman–Crippen LogP) is 1.04. The van der Waals surface area contributed by atoms with E-state index in [9.17, 15) is 4.79 Å². The average molecular weight is 203 g/mol. The van der Waals surface area contributed by atoms with Crippen molar-refractivity contribution in [2.24, 2.45) is 5.92 Å². The van der Waals surface area contributed by atoms with Crippen molar-refractivity contribution in [3.8, 4) is 0 Å². The van der Waals surface area contributed by atoms with Gasteiger partial charge in [0.05, 0.1) is 13.2 Å². The maximum absolute atomic E-state index is 11.3. The highest BCUT2D eigenvalue weighted by atomic mass is 17.2. The number of nitrogens with zero attached hydrogens (tertiary/aromatic N) is 1. The van der Waals surface area contributed by atoms with E-state index >= 15 is 0 Å². The van der Waals surface area contributed by atoms with Gasteiger partial charge in [0.1, 0.15) is 12.7 Å². The molecule has 1 heterocycles. The lowest BCUT2D eigenvalue weighted by molar-refractivity contribution is -0.280. The molecule has 0 aromatic carbocycles. The minimum absolute atomic E-state index is 0.0672. The SMILES string of the molecule is COOCC1[C@@H](C(C)C)OC(=O)N1C. The summed E-state index contributed by atoms with van der Waals surface area (Å²) in [4.78, 5) is 22.2. The Morgan fingerprint density at radius 3 is 2.71 bits per heavy atom. The first-order valence-electron chi connectivity index (χ1n) is 4.67. The summed E-state index contributed by atoms with van der Waals surface area (Å²) in [5, 5.41) is 0. The molecule has 14 heavy (non-hydrogen) atoms. The number of carbonyl (C=O) groups excluding carboxylic acids is 1. The third-order valence-corrected chi connectivity index (χ3v) is 2.42. The number of likely N-dealkylation sites (N-methyl/N-ethyl adjacent to an activating group) is 1. The lowest BCUT2D eigenvalue weighted by atomic mass is 10.0. The molecule has 82 valence electrons. The van der Waals surface area contributed by atoms with Crippen LogP contribution in [0.3, 0.4) is 0 Å². The number of cyclic esters (lactones) is 1. The first-order valence-corrected chi connectivity index (χ1v) is 4.67. The van der Waals surface area contributed by atoms with Gasteiger partial charge >= 0.3 is 6.09 Å². The molecule has 1 aliphatic heterocycles. The van der Waals surface area contributed by atoms with Gasteiger partial charge in [0.25, 0.3) is 0 Å². The van der Waals surface area contributed by atoms with Gasteiger partial charge < -0.3 is 9.64 Å².